The molecule has 4 nitrogen and oxygen atoms in total. The lowest BCUT2D eigenvalue weighted by molar-refractivity contribution is -0.120. The number of carbonyl (C=O) groups excluding carboxylic acids is 2. The van der Waals surface area contributed by atoms with Gasteiger partial charge in [0, 0.05) is 31.6 Å². The van der Waals surface area contributed by atoms with Gasteiger partial charge in [0.2, 0.25) is 5.91 Å². The Balaban J connectivity index is 1.84. The van der Waals surface area contributed by atoms with Crippen molar-refractivity contribution in [1.82, 2.24) is 10.2 Å². The highest BCUT2D eigenvalue weighted by Crippen LogP contribution is 2.25. The van der Waals surface area contributed by atoms with E-state index in [2.05, 4.69) is 5.32 Å². The monoisotopic (exact) mass is 350 g/mol. The maximum atomic E-state index is 12.8. The Morgan fingerprint density at radius 3 is 2.54 bits per heavy atom. The van der Waals surface area contributed by atoms with Crippen LogP contribution in [0.1, 0.15) is 48.5 Å². The molecular weight excluding hydrogens is 324 g/mol. The maximum absolute atomic E-state index is 12.8. The predicted molar refractivity (Wildman–Crippen MR) is 104 cm³/mol. The van der Waals surface area contributed by atoms with Gasteiger partial charge in [-0.25, -0.2) is 0 Å². The normalized spacial score (nSPS) is 14.1. The summed E-state index contributed by atoms with van der Waals surface area (Å²) >= 11 is 0. The van der Waals surface area contributed by atoms with E-state index in [4.69, 9.17) is 0 Å². The number of hydrogen-bond donors (Lipinski definition) is 1. The molecule has 0 aromatic heterocycles. The number of nitrogens with zero attached hydrogens (tertiary/aromatic N) is 1. The lowest BCUT2D eigenvalue weighted by Crippen LogP contribution is -2.35. The third-order valence-corrected chi connectivity index (χ3v) is 4.88. The molecule has 2 aromatic carbocycles. The lowest BCUT2D eigenvalue weighted by Gasteiger charge is -2.27. The largest absolute Gasteiger partial charge is 0.352 e. The zero-order valence-corrected chi connectivity index (χ0v) is 15.3. The van der Waals surface area contributed by atoms with Gasteiger partial charge in [-0.3, -0.25) is 9.59 Å². The van der Waals surface area contributed by atoms with Gasteiger partial charge in [-0.2, -0.15) is 0 Å². The van der Waals surface area contributed by atoms with Gasteiger partial charge in [-0.15, -0.1) is 0 Å². The highest BCUT2D eigenvalue weighted by atomic mass is 16.2. The van der Waals surface area contributed by atoms with E-state index in [-0.39, 0.29) is 11.8 Å². The van der Waals surface area contributed by atoms with Gasteiger partial charge in [0.25, 0.3) is 5.91 Å². The van der Waals surface area contributed by atoms with Crippen LogP contribution >= 0.6 is 0 Å². The van der Waals surface area contributed by atoms with Crippen molar-refractivity contribution < 1.29 is 9.59 Å². The molecule has 1 aliphatic heterocycles. The number of benzene rings is 2. The first-order chi connectivity index (χ1) is 12.7. The number of piperidine rings is 1. The highest BCUT2D eigenvalue weighted by Gasteiger charge is 2.18. The van der Waals surface area contributed by atoms with E-state index in [0.29, 0.717) is 13.0 Å². The molecule has 0 radical (unpaired) electrons. The van der Waals surface area contributed by atoms with Crippen LogP contribution in [0.15, 0.2) is 48.5 Å². The first-order valence-corrected chi connectivity index (χ1v) is 9.43. The van der Waals surface area contributed by atoms with Gasteiger partial charge < -0.3 is 10.2 Å². The van der Waals surface area contributed by atoms with E-state index < -0.39 is 0 Å². The molecule has 136 valence electrons. The molecule has 0 atom stereocenters. The Hall–Kier alpha value is -2.62. The topological polar surface area (TPSA) is 49.4 Å². The Kier molecular flexibility index (Phi) is 6.05. The summed E-state index contributed by atoms with van der Waals surface area (Å²) in [6.07, 6.45) is 3.86. The fourth-order valence-corrected chi connectivity index (χ4v) is 3.37. The fraction of sp³-hybridized carbons (Fsp3) is 0.364. The van der Waals surface area contributed by atoms with Crippen LogP contribution in [-0.2, 0) is 11.3 Å². The summed E-state index contributed by atoms with van der Waals surface area (Å²) < 4.78 is 0. The Labute approximate surface area is 155 Å². The number of amides is 2. The second kappa shape index (κ2) is 8.65. The van der Waals surface area contributed by atoms with Crippen molar-refractivity contribution >= 4 is 11.8 Å². The number of rotatable bonds is 5. The van der Waals surface area contributed by atoms with Gasteiger partial charge in [-0.1, -0.05) is 43.3 Å². The summed E-state index contributed by atoms with van der Waals surface area (Å²) in [5, 5.41) is 2.93. The molecule has 26 heavy (non-hydrogen) atoms. The second-order valence-electron chi connectivity index (χ2n) is 6.72. The Morgan fingerprint density at radius 2 is 1.77 bits per heavy atom. The van der Waals surface area contributed by atoms with Crippen molar-refractivity contribution in [2.45, 2.75) is 39.2 Å². The molecule has 4 heteroatoms. The Morgan fingerprint density at radius 1 is 1.00 bits per heavy atom. The van der Waals surface area contributed by atoms with Crippen LogP contribution in [0.2, 0.25) is 0 Å². The number of carbonyl (C=O) groups is 2. The summed E-state index contributed by atoms with van der Waals surface area (Å²) in [5.41, 5.74) is 3.85. The van der Waals surface area contributed by atoms with Crippen LogP contribution in [0.25, 0.3) is 11.1 Å². The molecule has 0 bridgehead atoms. The zero-order valence-electron chi connectivity index (χ0n) is 15.3. The average Bonchev–Trinajstić information content (AvgIpc) is 2.72. The van der Waals surface area contributed by atoms with Crippen LogP contribution in [0.4, 0.5) is 0 Å². The minimum atomic E-state index is 0.0360. The smallest absolute Gasteiger partial charge is 0.253 e. The second-order valence-corrected chi connectivity index (χ2v) is 6.72. The molecule has 0 aliphatic carbocycles. The van der Waals surface area contributed by atoms with Gasteiger partial charge in [-0.05, 0) is 48.1 Å². The molecule has 0 spiro atoms. The van der Waals surface area contributed by atoms with E-state index in [1.807, 2.05) is 60.4 Å². The third-order valence-electron chi connectivity index (χ3n) is 4.88. The zero-order chi connectivity index (χ0) is 18.4. The van der Waals surface area contributed by atoms with Crippen LogP contribution in [0.3, 0.4) is 0 Å². The molecule has 3 rings (SSSR count). The molecule has 1 fully saturated rings. The molecule has 0 saturated carbocycles. The van der Waals surface area contributed by atoms with Crippen LogP contribution in [0.5, 0.6) is 0 Å². The first-order valence-electron chi connectivity index (χ1n) is 9.43. The first kappa shape index (κ1) is 18.2. The summed E-state index contributed by atoms with van der Waals surface area (Å²) in [7, 11) is 0. The minimum absolute atomic E-state index is 0.0360. The summed E-state index contributed by atoms with van der Waals surface area (Å²) in [6, 6.07) is 15.8. The van der Waals surface area contributed by atoms with Crippen LogP contribution in [-0.4, -0.2) is 29.8 Å². The number of likely N-dealkylation sites (tertiary alicyclic amines) is 1. The summed E-state index contributed by atoms with van der Waals surface area (Å²) in [6.45, 7) is 4.04. The van der Waals surface area contributed by atoms with E-state index in [1.165, 1.54) is 6.42 Å². The minimum Gasteiger partial charge on any atom is -0.352 e. The third kappa shape index (κ3) is 4.31. The van der Waals surface area contributed by atoms with Crippen LogP contribution < -0.4 is 5.32 Å². The van der Waals surface area contributed by atoms with Gasteiger partial charge in [0.1, 0.15) is 0 Å². The molecule has 2 aromatic rings. The quantitative estimate of drug-likeness (QED) is 0.886. The molecule has 0 unspecified atom stereocenters. The highest BCUT2D eigenvalue weighted by molar-refractivity contribution is 5.95. The van der Waals surface area contributed by atoms with E-state index in [1.54, 1.807) is 0 Å². The number of nitrogens with one attached hydrogen (secondary N) is 1. The van der Waals surface area contributed by atoms with Crippen molar-refractivity contribution in [2.24, 2.45) is 0 Å². The lowest BCUT2D eigenvalue weighted by atomic mass is 9.97. The van der Waals surface area contributed by atoms with Crippen molar-refractivity contribution in [3.05, 3.63) is 59.7 Å². The van der Waals surface area contributed by atoms with Gasteiger partial charge in [0.15, 0.2) is 0 Å². The van der Waals surface area contributed by atoms with Crippen molar-refractivity contribution in [1.29, 1.82) is 0 Å². The molecule has 1 heterocycles. The van der Waals surface area contributed by atoms with Gasteiger partial charge in [0.05, 0.1) is 0 Å². The molecule has 2 amide bonds. The van der Waals surface area contributed by atoms with Gasteiger partial charge >= 0.3 is 0 Å². The van der Waals surface area contributed by atoms with E-state index in [0.717, 1.165) is 48.2 Å². The fourth-order valence-electron chi connectivity index (χ4n) is 3.37. The number of hydrogen-bond acceptors (Lipinski definition) is 2. The summed E-state index contributed by atoms with van der Waals surface area (Å²) in [4.78, 5) is 26.3. The standard InChI is InChI=1S/C22H26N2O2/c1-2-21(25)23-16-19-9-4-5-12-20(19)17-10-8-11-18(15-17)22(26)24-13-6-3-7-14-24/h4-5,8-12,15H,2-3,6-7,13-14,16H2,1H3,(H,23,25). The van der Waals surface area contributed by atoms with Crippen molar-refractivity contribution in [2.75, 3.05) is 13.1 Å². The Bertz CT molecular complexity index is 779. The van der Waals surface area contributed by atoms with Crippen molar-refractivity contribution in [3.8, 4) is 11.1 Å². The molecule has 1 saturated heterocycles. The molecule has 1 N–H and O–H groups in total. The predicted octanol–water partition coefficient (Wildman–Crippen LogP) is 4.01. The molecular formula is C22H26N2O2. The van der Waals surface area contributed by atoms with Crippen molar-refractivity contribution in [3.63, 3.8) is 0 Å². The maximum Gasteiger partial charge on any atom is 0.253 e. The van der Waals surface area contributed by atoms with E-state index in [9.17, 15) is 9.59 Å². The molecule has 1 aliphatic rings. The van der Waals surface area contributed by atoms with Crippen LogP contribution in [0, 0.1) is 0 Å². The SMILES string of the molecule is CCC(=O)NCc1ccccc1-c1cccc(C(=O)N2CCCCC2)c1. The van der Waals surface area contributed by atoms with E-state index >= 15 is 0 Å². The average molecular weight is 350 g/mol. The summed E-state index contributed by atoms with van der Waals surface area (Å²) in [5.74, 6) is 0.150.